The quantitative estimate of drug-likeness (QED) is 0.390. The first-order valence-electron chi connectivity index (χ1n) is 5.45. The third-order valence-corrected chi connectivity index (χ3v) is 2.73. The van der Waals surface area contributed by atoms with Crippen LogP contribution in [0.15, 0.2) is 34.4 Å². The number of rotatable bonds is 0. The topological polar surface area (TPSA) is 0 Å². The van der Waals surface area contributed by atoms with Crippen LogP contribution >= 0.6 is 24.8 Å². The van der Waals surface area contributed by atoms with Crippen molar-refractivity contribution in [2.75, 3.05) is 0 Å². The summed E-state index contributed by atoms with van der Waals surface area (Å²) in [5, 5.41) is 0. The van der Waals surface area contributed by atoms with E-state index in [1.54, 1.807) is 23.3 Å². The van der Waals surface area contributed by atoms with Crippen molar-refractivity contribution in [3.05, 3.63) is 61.4 Å². The van der Waals surface area contributed by atoms with Gasteiger partial charge in [0.15, 0.2) is 0 Å². The van der Waals surface area contributed by atoms with Crippen molar-refractivity contribution in [3.63, 3.8) is 0 Å². The second kappa shape index (κ2) is 19.6. The molecule has 20 heavy (non-hydrogen) atoms. The van der Waals surface area contributed by atoms with Crippen LogP contribution in [-0.4, -0.2) is 6.88 Å². The summed E-state index contributed by atoms with van der Waals surface area (Å²) in [6.45, 7) is 10.4. The zero-order valence-corrected chi connectivity index (χ0v) is 19.1. The van der Waals surface area contributed by atoms with Gasteiger partial charge in [0.25, 0.3) is 0 Å². The molecule has 0 saturated heterocycles. The molecular formula is C16H28Cl2SiZr-4. The molecule has 0 aromatic heterocycles. The van der Waals surface area contributed by atoms with Crippen LogP contribution in [0.4, 0.5) is 0 Å². The zero-order valence-electron chi connectivity index (χ0n) is 13.6. The van der Waals surface area contributed by atoms with Gasteiger partial charge in [0.2, 0.25) is 0 Å². The zero-order chi connectivity index (χ0) is 12.6. The third-order valence-electron chi connectivity index (χ3n) is 2.73. The Labute approximate surface area is 156 Å². The van der Waals surface area contributed by atoms with Gasteiger partial charge in [-0.15, -0.1) is 51.5 Å². The average molecular weight is 411 g/mol. The maximum atomic E-state index is 3.19. The molecule has 0 aliphatic heterocycles. The fraction of sp³-hybridized carbons (Fsp3) is 0.375. The normalized spacial score (nSPS) is 13.6. The van der Waals surface area contributed by atoms with E-state index in [-0.39, 0.29) is 39.7 Å². The van der Waals surface area contributed by atoms with Crippen molar-refractivity contribution in [3.8, 4) is 0 Å². The van der Waals surface area contributed by atoms with Gasteiger partial charge >= 0.3 is 30.2 Å². The predicted molar refractivity (Wildman–Crippen MR) is 97.5 cm³/mol. The molecule has 0 heterocycles. The molecule has 2 aliphatic carbocycles. The first-order chi connectivity index (χ1) is 7.61. The second-order valence-corrected chi connectivity index (χ2v) is 3.79. The van der Waals surface area contributed by atoms with Gasteiger partial charge in [0, 0.05) is 0 Å². The van der Waals surface area contributed by atoms with Gasteiger partial charge in [-0.05, 0) is 0 Å². The molecule has 0 amide bonds. The molecule has 2 rings (SSSR count). The third kappa shape index (κ3) is 13.6. The average Bonchev–Trinajstić information content (AvgIpc) is 2.83. The van der Waals surface area contributed by atoms with E-state index < -0.39 is 0 Å². The molecule has 0 aromatic rings. The van der Waals surface area contributed by atoms with E-state index in [0.29, 0.717) is 0 Å². The van der Waals surface area contributed by atoms with E-state index in [9.17, 15) is 0 Å². The van der Waals surface area contributed by atoms with Crippen molar-refractivity contribution in [1.29, 1.82) is 0 Å². The fourth-order valence-electron chi connectivity index (χ4n) is 1.30. The Kier molecular flexibility index (Phi) is 32.0. The van der Waals surface area contributed by atoms with Gasteiger partial charge < -0.3 is 14.9 Å². The molecule has 0 atom stereocenters. The van der Waals surface area contributed by atoms with Crippen LogP contribution in [0.3, 0.4) is 0 Å². The summed E-state index contributed by atoms with van der Waals surface area (Å²) < 4.78 is 0. The van der Waals surface area contributed by atoms with E-state index in [2.05, 4.69) is 52.0 Å². The standard InChI is InChI=1S/2C7H9.2CH3.2ClH.H2Si.Zr/c2*1-6-4-3-5-7(6)2;;;;;;/h2*4H,3H2,1-2H3;2*1H3;2*1H;1H2;/q4*-1;;;;. The van der Waals surface area contributed by atoms with Crippen molar-refractivity contribution in [2.24, 2.45) is 0 Å². The van der Waals surface area contributed by atoms with Gasteiger partial charge in [0.1, 0.15) is 0 Å². The van der Waals surface area contributed by atoms with Crippen molar-refractivity contribution in [1.82, 2.24) is 0 Å². The van der Waals surface area contributed by atoms with E-state index in [4.69, 9.17) is 0 Å². The van der Waals surface area contributed by atoms with Gasteiger partial charge in [-0.25, -0.2) is 22.3 Å². The van der Waals surface area contributed by atoms with Crippen molar-refractivity contribution in [2.45, 2.75) is 40.5 Å². The summed E-state index contributed by atoms with van der Waals surface area (Å²) in [4.78, 5) is 0. The Morgan fingerprint density at radius 1 is 0.800 bits per heavy atom. The predicted octanol–water partition coefficient (Wildman–Crippen LogP) is 5.00. The monoisotopic (exact) mass is 408 g/mol. The van der Waals surface area contributed by atoms with Crippen molar-refractivity contribution < 1.29 is 23.3 Å². The molecular weight excluding hydrogens is 382 g/mol. The summed E-state index contributed by atoms with van der Waals surface area (Å²) in [6, 6.07) is 0. The summed E-state index contributed by atoms with van der Waals surface area (Å²) in [5.74, 6) is 0. The summed E-state index contributed by atoms with van der Waals surface area (Å²) in [6.07, 6.45) is 12.8. The molecule has 0 fully saturated rings. The molecule has 0 aromatic carbocycles. The molecule has 0 radical (unpaired) electrons. The van der Waals surface area contributed by atoms with Crippen LogP contribution in [0.25, 0.3) is 0 Å². The van der Waals surface area contributed by atoms with Crippen LogP contribution < -0.4 is 0 Å². The van der Waals surface area contributed by atoms with Gasteiger partial charge in [0.05, 0.1) is 0 Å². The van der Waals surface area contributed by atoms with Crippen molar-refractivity contribution >= 4 is 31.7 Å². The number of halogens is 2. The first-order valence-corrected chi connectivity index (χ1v) is 11.4. The fourth-order valence-corrected chi connectivity index (χ4v) is 1.30. The SMILES string of the molecule is CC1=[C-]CC=C1C.CC1=[C-]CC=C1C.Cl.Cl.[CH3-].[CH3-].[SiH2]=[Zr]. The van der Waals surface area contributed by atoms with E-state index in [0.717, 1.165) is 12.8 Å². The minimum atomic E-state index is 0. The van der Waals surface area contributed by atoms with Crippen LogP contribution in [-0.2, 0) is 23.3 Å². The molecule has 0 unspecified atom stereocenters. The Morgan fingerprint density at radius 2 is 1.05 bits per heavy atom. The van der Waals surface area contributed by atoms with Gasteiger partial charge in [-0.1, -0.05) is 13.8 Å². The summed E-state index contributed by atoms with van der Waals surface area (Å²) >= 11 is 1.58. The van der Waals surface area contributed by atoms with Gasteiger partial charge in [-0.2, -0.15) is 12.2 Å². The second-order valence-electron chi connectivity index (χ2n) is 3.79. The molecule has 4 heteroatoms. The van der Waals surface area contributed by atoms with Crippen LogP contribution in [0.5, 0.6) is 0 Å². The van der Waals surface area contributed by atoms with E-state index >= 15 is 0 Å². The molecule has 0 nitrogen and oxygen atoms in total. The van der Waals surface area contributed by atoms with Crippen LogP contribution in [0.2, 0.25) is 0 Å². The summed E-state index contributed by atoms with van der Waals surface area (Å²) in [7, 11) is 0. The molecule has 0 spiro atoms. The number of hydrogen-bond donors (Lipinski definition) is 0. The molecule has 118 valence electrons. The summed E-state index contributed by atoms with van der Waals surface area (Å²) in [5.41, 5.74) is 5.42. The maximum absolute atomic E-state index is 3.19. The van der Waals surface area contributed by atoms with Crippen LogP contribution in [0, 0.1) is 27.0 Å². The molecule has 0 bridgehead atoms. The van der Waals surface area contributed by atoms with Gasteiger partial charge in [-0.3, -0.25) is 12.2 Å². The first kappa shape index (κ1) is 32.5. The molecule has 2 aliphatic rings. The van der Waals surface area contributed by atoms with E-state index in [1.807, 2.05) is 6.88 Å². The van der Waals surface area contributed by atoms with E-state index in [1.165, 1.54) is 22.3 Å². The Bertz CT molecular complexity index is 289. The number of hydrogen-bond acceptors (Lipinski definition) is 0. The number of allylic oxidation sites excluding steroid dienone is 8. The Hall–Kier alpha value is 0.640. The van der Waals surface area contributed by atoms with Crippen LogP contribution in [0.1, 0.15) is 40.5 Å². The Balaban J connectivity index is -0.0000000566. The Morgan fingerprint density at radius 3 is 1.10 bits per heavy atom. The molecule has 0 saturated carbocycles. The molecule has 0 N–H and O–H groups in total. The minimum absolute atomic E-state index is 0.